The van der Waals surface area contributed by atoms with Gasteiger partial charge in [-0.2, -0.15) is 5.10 Å². The van der Waals surface area contributed by atoms with Crippen LogP contribution in [0.1, 0.15) is 54.1 Å². The standard InChI is InChI=1S/C19H20N4O4/c24-15(25)9-20-19(27)16-17(26)13-7-6-12(11-4-2-1-3-5-11)8-14(13)18-21-10-22-23(16)18/h6-8,10-11,26H,1-5,9H2,(H,20,27)(H,24,25). The van der Waals surface area contributed by atoms with Crippen molar-refractivity contribution in [3.8, 4) is 5.75 Å². The Morgan fingerprint density at radius 1 is 1.19 bits per heavy atom. The Morgan fingerprint density at radius 3 is 2.70 bits per heavy atom. The summed E-state index contributed by atoms with van der Waals surface area (Å²) in [6, 6.07) is 5.81. The van der Waals surface area contributed by atoms with Crippen LogP contribution in [-0.4, -0.2) is 43.2 Å². The number of aromatic hydroxyl groups is 1. The molecule has 0 atom stereocenters. The lowest BCUT2D eigenvalue weighted by Crippen LogP contribution is -2.31. The number of hydrogen-bond acceptors (Lipinski definition) is 5. The zero-order valence-corrected chi connectivity index (χ0v) is 14.7. The lowest BCUT2D eigenvalue weighted by molar-refractivity contribution is -0.135. The number of fused-ring (bicyclic) bond motifs is 3. The molecule has 8 nitrogen and oxygen atoms in total. The van der Waals surface area contributed by atoms with Crippen molar-refractivity contribution in [3.63, 3.8) is 0 Å². The van der Waals surface area contributed by atoms with E-state index in [0.717, 1.165) is 18.2 Å². The molecule has 1 amide bonds. The molecule has 2 aromatic heterocycles. The molecule has 8 heteroatoms. The van der Waals surface area contributed by atoms with Gasteiger partial charge in [0.1, 0.15) is 12.9 Å². The molecule has 27 heavy (non-hydrogen) atoms. The van der Waals surface area contributed by atoms with E-state index in [1.54, 1.807) is 6.07 Å². The molecule has 1 saturated carbocycles. The highest BCUT2D eigenvalue weighted by Crippen LogP contribution is 2.37. The van der Waals surface area contributed by atoms with Crippen molar-refractivity contribution < 1.29 is 19.8 Å². The molecule has 1 aromatic carbocycles. The van der Waals surface area contributed by atoms with Crippen LogP contribution in [0.2, 0.25) is 0 Å². The number of carbonyl (C=O) groups is 2. The minimum absolute atomic E-state index is 0.123. The zero-order valence-electron chi connectivity index (χ0n) is 14.7. The van der Waals surface area contributed by atoms with Gasteiger partial charge in [0.2, 0.25) is 0 Å². The maximum atomic E-state index is 12.4. The predicted octanol–water partition coefficient (Wildman–Crippen LogP) is 2.45. The average Bonchev–Trinajstić information content (AvgIpc) is 3.16. The van der Waals surface area contributed by atoms with E-state index in [0.29, 0.717) is 17.0 Å². The summed E-state index contributed by atoms with van der Waals surface area (Å²) in [5, 5.41) is 27.0. The molecule has 4 rings (SSSR count). The second-order valence-electron chi connectivity index (χ2n) is 6.91. The lowest BCUT2D eigenvalue weighted by atomic mass is 9.83. The summed E-state index contributed by atoms with van der Waals surface area (Å²) in [6.07, 6.45) is 7.32. The van der Waals surface area contributed by atoms with Gasteiger partial charge in [0.15, 0.2) is 17.1 Å². The van der Waals surface area contributed by atoms with Crippen molar-refractivity contribution >= 4 is 28.3 Å². The predicted molar refractivity (Wildman–Crippen MR) is 98.0 cm³/mol. The Labute approximate surface area is 154 Å². The van der Waals surface area contributed by atoms with Gasteiger partial charge in [-0.25, -0.2) is 9.50 Å². The summed E-state index contributed by atoms with van der Waals surface area (Å²) in [7, 11) is 0. The first-order valence-corrected chi connectivity index (χ1v) is 9.04. The van der Waals surface area contributed by atoms with E-state index < -0.39 is 18.4 Å². The highest BCUT2D eigenvalue weighted by atomic mass is 16.4. The summed E-state index contributed by atoms with van der Waals surface area (Å²) in [4.78, 5) is 27.4. The average molecular weight is 368 g/mol. The summed E-state index contributed by atoms with van der Waals surface area (Å²) in [6.45, 7) is -0.548. The van der Waals surface area contributed by atoms with Crippen LogP contribution in [-0.2, 0) is 4.79 Å². The first-order chi connectivity index (χ1) is 13.1. The number of carboxylic acids is 1. The van der Waals surface area contributed by atoms with Crippen LogP contribution in [0.5, 0.6) is 5.75 Å². The maximum absolute atomic E-state index is 12.4. The molecule has 0 saturated heterocycles. The summed E-state index contributed by atoms with van der Waals surface area (Å²) in [5.41, 5.74) is 1.54. The number of nitrogens with one attached hydrogen (secondary N) is 1. The van der Waals surface area contributed by atoms with E-state index in [-0.39, 0.29) is 11.4 Å². The highest BCUT2D eigenvalue weighted by Gasteiger charge is 2.23. The van der Waals surface area contributed by atoms with E-state index in [2.05, 4.69) is 15.4 Å². The Balaban J connectivity index is 1.84. The first kappa shape index (κ1) is 17.3. The van der Waals surface area contributed by atoms with E-state index in [4.69, 9.17) is 5.11 Å². The van der Waals surface area contributed by atoms with Crippen molar-refractivity contribution in [1.82, 2.24) is 19.9 Å². The maximum Gasteiger partial charge on any atom is 0.322 e. The van der Waals surface area contributed by atoms with Gasteiger partial charge in [-0.3, -0.25) is 9.59 Å². The molecule has 1 aliphatic carbocycles. The fraction of sp³-hybridized carbons (Fsp3) is 0.368. The van der Waals surface area contributed by atoms with Crippen LogP contribution in [0.4, 0.5) is 0 Å². The quantitative estimate of drug-likeness (QED) is 0.651. The molecule has 0 bridgehead atoms. The van der Waals surface area contributed by atoms with Gasteiger partial charge < -0.3 is 15.5 Å². The molecule has 0 spiro atoms. The fourth-order valence-corrected chi connectivity index (χ4v) is 3.90. The molecule has 2 heterocycles. The van der Waals surface area contributed by atoms with E-state index in [1.807, 2.05) is 12.1 Å². The number of nitrogens with zero attached hydrogens (tertiary/aromatic N) is 3. The van der Waals surface area contributed by atoms with Crippen LogP contribution < -0.4 is 5.32 Å². The minimum atomic E-state index is -1.17. The summed E-state index contributed by atoms with van der Waals surface area (Å²) < 4.78 is 1.26. The lowest BCUT2D eigenvalue weighted by Gasteiger charge is -2.22. The number of carboxylic acid groups (broad SMARTS) is 1. The van der Waals surface area contributed by atoms with Gasteiger partial charge in [-0.15, -0.1) is 0 Å². The van der Waals surface area contributed by atoms with E-state index >= 15 is 0 Å². The number of aliphatic carboxylic acids is 1. The second kappa shape index (κ2) is 6.86. The number of pyridine rings is 1. The monoisotopic (exact) mass is 368 g/mol. The molecule has 0 aliphatic heterocycles. The number of rotatable bonds is 4. The van der Waals surface area contributed by atoms with E-state index in [1.165, 1.54) is 35.7 Å². The zero-order chi connectivity index (χ0) is 19.0. The smallest absolute Gasteiger partial charge is 0.322 e. The Hall–Kier alpha value is -3.16. The minimum Gasteiger partial charge on any atom is -0.505 e. The number of hydrogen-bond donors (Lipinski definition) is 3. The molecule has 3 aromatic rings. The number of amides is 1. The molecule has 0 radical (unpaired) electrons. The molecule has 140 valence electrons. The van der Waals surface area contributed by atoms with E-state index in [9.17, 15) is 14.7 Å². The van der Waals surface area contributed by atoms with Crippen LogP contribution in [0, 0.1) is 0 Å². The van der Waals surface area contributed by atoms with Crippen molar-refractivity contribution in [2.75, 3.05) is 6.54 Å². The first-order valence-electron chi connectivity index (χ1n) is 9.04. The molecular formula is C19H20N4O4. The third-order valence-electron chi connectivity index (χ3n) is 5.22. The van der Waals surface area contributed by atoms with Crippen LogP contribution in [0.3, 0.4) is 0 Å². The molecule has 3 N–H and O–H groups in total. The third-order valence-corrected chi connectivity index (χ3v) is 5.22. The van der Waals surface area contributed by atoms with Gasteiger partial charge in [-0.1, -0.05) is 31.4 Å². The molecular weight excluding hydrogens is 348 g/mol. The number of carbonyl (C=O) groups excluding carboxylic acids is 1. The van der Waals surface area contributed by atoms with Gasteiger partial charge in [-0.05, 0) is 30.4 Å². The van der Waals surface area contributed by atoms with Crippen LogP contribution in [0.25, 0.3) is 16.4 Å². The molecule has 1 aliphatic rings. The fourth-order valence-electron chi connectivity index (χ4n) is 3.90. The van der Waals surface area contributed by atoms with Gasteiger partial charge in [0.05, 0.1) is 0 Å². The summed E-state index contributed by atoms with van der Waals surface area (Å²) in [5.74, 6) is -1.63. The molecule has 1 fully saturated rings. The van der Waals surface area contributed by atoms with Gasteiger partial charge >= 0.3 is 5.97 Å². The Bertz CT molecular complexity index is 1040. The highest BCUT2D eigenvalue weighted by molar-refractivity contribution is 6.07. The normalized spacial score (nSPS) is 15.3. The van der Waals surface area contributed by atoms with Crippen molar-refractivity contribution in [1.29, 1.82) is 0 Å². The molecule has 0 unspecified atom stereocenters. The summed E-state index contributed by atoms with van der Waals surface area (Å²) >= 11 is 0. The van der Waals surface area contributed by atoms with Crippen molar-refractivity contribution in [3.05, 3.63) is 35.8 Å². The number of aromatic nitrogens is 3. The van der Waals surface area contributed by atoms with Crippen LogP contribution >= 0.6 is 0 Å². The third kappa shape index (κ3) is 3.07. The number of benzene rings is 1. The van der Waals surface area contributed by atoms with Gasteiger partial charge in [0.25, 0.3) is 5.91 Å². The largest absolute Gasteiger partial charge is 0.505 e. The Kier molecular flexibility index (Phi) is 4.39. The topological polar surface area (TPSA) is 117 Å². The SMILES string of the molecule is O=C(O)CNC(=O)c1c(O)c2ccc(C3CCCCC3)cc2c2ncnn12. The second-order valence-corrected chi connectivity index (χ2v) is 6.91. The van der Waals surface area contributed by atoms with Crippen molar-refractivity contribution in [2.45, 2.75) is 38.0 Å². The Morgan fingerprint density at radius 2 is 1.96 bits per heavy atom. The van der Waals surface area contributed by atoms with Crippen molar-refractivity contribution in [2.24, 2.45) is 0 Å². The van der Waals surface area contributed by atoms with Gasteiger partial charge in [0, 0.05) is 10.8 Å². The van der Waals surface area contributed by atoms with Crippen LogP contribution in [0.15, 0.2) is 24.5 Å².